The zero-order valence-corrected chi connectivity index (χ0v) is 15.4. The summed E-state index contributed by atoms with van der Waals surface area (Å²) in [7, 11) is -0.598. The van der Waals surface area contributed by atoms with Crippen LogP contribution in [0, 0.1) is 0 Å². The fraction of sp³-hybridized carbons (Fsp3) is 0.250. The van der Waals surface area contributed by atoms with Crippen molar-refractivity contribution < 1.29 is 22.7 Å². The molecule has 0 aliphatic rings. The Morgan fingerprint density at radius 3 is 2.44 bits per heavy atom. The van der Waals surface area contributed by atoms with E-state index in [1.165, 1.54) is 37.6 Å². The van der Waals surface area contributed by atoms with Gasteiger partial charge in [-0.1, -0.05) is 0 Å². The maximum absolute atomic E-state index is 12.3. The number of carbonyl (C=O) groups excluding carboxylic acids is 2. The smallest absolute Gasteiger partial charge is 0.254 e. The van der Waals surface area contributed by atoms with Crippen molar-refractivity contribution in [3.8, 4) is 5.75 Å². The summed E-state index contributed by atoms with van der Waals surface area (Å²) in [6, 6.07) is 7.57. The summed E-state index contributed by atoms with van der Waals surface area (Å²) in [5.74, 6) is -0.561. The van der Waals surface area contributed by atoms with Crippen LogP contribution >= 0.6 is 11.3 Å². The second kappa shape index (κ2) is 8.13. The van der Waals surface area contributed by atoms with E-state index in [4.69, 9.17) is 4.74 Å². The lowest BCUT2D eigenvalue weighted by Crippen LogP contribution is -2.21. The van der Waals surface area contributed by atoms with Gasteiger partial charge in [-0.05, 0) is 35.7 Å². The van der Waals surface area contributed by atoms with Gasteiger partial charge in [0, 0.05) is 13.5 Å². The average molecular weight is 382 g/mol. The van der Waals surface area contributed by atoms with Crippen molar-refractivity contribution in [1.29, 1.82) is 0 Å². The van der Waals surface area contributed by atoms with Crippen LogP contribution < -0.4 is 15.4 Å². The molecule has 0 atom stereocenters. The number of benzene rings is 1. The number of amides is 2. The lowest BCUT2D eigenvalue weighted by molar-refractivity contribution is -0.115. The van der Waals surface area contributed by atoms with E-state index in [2.05, 4.69) is 10.6 Å². The Morgan fingerprint density at radius 2 is 1.84 bits per heavy atom. The number of nitrogens with one attached hydrogen (secondary N) is 2. The first-order valence-electron chi connectivity index (χ1n) is 7.33. The van der Waals surface area contributed by atoms with Crippen molar-refractivity contribution in [2.24, 2.45) is 0 Å². The van der Waals surface area contributed by atoms with Crippen LogP contribution in [0.25, 0.3) is 0 Å². The van der Waals surface area contributed by atoms with E-state index in [-0.39, 0.29) is 23.0 Å². The van der Waals surface area contributed by atoms with Gasteiger partial charge in [-0.15, -0.1) is 11.3 Å². The monoisotopic (exact) mass is 382 g/mol. The molecular formula is C16H18N2O5S2. The van der Waals surface area contributed by atoms with Crippen molar-refractivity contribution in [3.05, 3.63) is 41.3 Å². The second-order valence-corrected chi connectivity index (χ2v) is 8.06. The molecule has 0 unspecified atom stereocenters. The van der Waals surface area contributed by atoms with Gasteiger partial charge in [-0.3, -0.25) is 9.59 Å². The number of rotatable bonds is 7. The van der Waals surface area contributed by atoms with Crippen molar-refractivity contribution in [2.75, 3.05) is 25.2 Å². The van der Waals surface area contributed by atoms with Gasteiger partial charge >= 0.3 is 0 Å². The summed E-state index contributed by atoms with van der Waals surface area (Å²) in [6.45, 7) is 0. The van der Waals surface area contributed by atoms with Gasteiger partial charge in [0.2, 0.25) is 5.91 Å². The van der Waals surface area contributed by atoms with Crippen LogP contribution in [0.15, 0.2) is 40.6 Å². The molecule has 1 heterocycles. The molecule has 0 bridgehead atoms. The summed E-state index contributed by atoms with van der Waals surface area (Å²) in [5, 5.41) is 7.13. The maximum Gasteiger partial charge on any atom is 0.254 e. The number of hydrogen-bond donors (Lipinski definition) is 2. The van der Waals surface area contributed by atoms with Crippen LogP contribution in [0.3, 0.4) is 0 Å². The molecule has 0 spiro atoms. The van der Waals surface area contributed by atoms with E-state index in [1.807, 2.05) is 0 Å². The van der Waals surface area contributed by atoms with E-state index < -0.39 is 15.7 Å². The molecule has 0 radical (unpaired) electrons. The SMILES string of the molecule is CNC(=O)c1ccsc1NC(=O)CCS(=O)(=O)c1ccc(OC)cc1. The maximum atomic E-state index is 12.3. The van der Waals surface area contributed by atoms with E-state index in [1.54, 1.807) is 23.6 Å². The third-order valence-electron chi connectivity index (χ3n) is 3.41. The van der Waals surface area contributed by atoms with Crippen molar-refractivity contribution in [2.45, 2.75) is 11.3 Å². The molecule has 7 nitrogen and oxygen atoms in total. The standard InChI is InChI=1S/C16H18N2O5S2/c1-17-15(20)13-7-9-24-16(13)18-14(19)8-10-25(21,22)12-5-3-11(23-2)4-6-12/h3-7,9H,8,10H2,1-2H3,(H,17,20)(H,18,19). The fourth-order valence-corrected chi connectivity index (χ4v) is 4.08. The van der Waals surface area contributed by atoms with Gasteiger partial charge in [0.15, 0.2) is 9.84 Å². The molecule has 0 saturated carbocycles. The van der Waals surface area contributed by atoms with E-state index in [0.29, 0.717) is 16.3 Å². The predicted molar refractivity (Wildman–Crippen MR) is 96.0 cm³/mol. The molecule has 25 heavy (non-hydrogen) atoms. The molecule has 2 amide bonds. The number of anilines is 1. The summed E-state index contributed by atoms with van der Waals surface area (Å²) in [4.78, 5) is 23.8. The Kier molecular flexibility index (Phi) is 6.16. The first-order valence-corrected chi connectivity index (χ1v) is 9.87. The van der Waals surface area contributed by atoms with Crippen molar-refractivity contribution in [1.82, 2.24) is 5.32 Å². The minimum Gasteiger partial charge on any atom is -0.497 e. The van der Waals surface area contributed by atoms with Crippen LogP contribution in [-0.4, -0.2) is 40.1 Å². The van der Waals surface area contributed by atoms with Gasteiger partial charge in [-0.2, -0.15) is 0 Å². The highest BCUT2D eigenvalue weighted by atomic mass is 32.2. The third kappa shape index (κ3) is 4.80. The predicted octanol–water partition coefficient (Wildman–Crippen LogP) is 1.92. The molecule has 2 rings (SSSR count). The molecule has 2 N–H and O–H groups in total. The van der Waals surface area contributed by atoms with Crippen molar-refractivity contribution >= 4 is 38.0 Å². The summed E-state index contributed by atoms with van der Waals surface area (Å²) < 4.78 is 29.5. The van der Waals surface area contributed by atoms with Gasteiger partial charge in [0.05, 0.1) is 23.3 Å². The van der Waals surface area contributed by atoms with Gasteiger partial charge in [0.1, 0.15) is 10.8 Å². The average Bonchev–Trinajstić information content (AvgIpc) is 3.07. The Hall–Kier alpha value is -2.39. The van der Waals surface area contributed by atoms with Crippen LogP contribution in [0.5, 0.6) is 5.75 Å². The summed E-state index contributed by atoms with van der Waals surface area (Å²) in [6.07, 6.45) is -0.209. The minimum atomic E-state index is -3.58. The molecule has 134 valence electrons. The number of ether oxygens (including phenoxy) is 1. The van der Waals surface area contributed by atoms with Crippen LogP contribution in [0.1, 0.15) is 16.8 Å². The van der Waals surface area contributed by atoms with E-state index in [0.717, 1.165) is 0 Å². The fourth-order valence-electron chi connectivity index (χ4n) is 2.04. The number of thiophene rings is 1. The molecule has 1 aromatic carbocycles. The summed E-state index contributed by atoms with van der Waals surface area (Å²) in [5.41, 5.74) is 0.346. The highest BCUT2D eigenvalue weighted by molar-refractivity contribution is 7.91. The van der Waals surface area contributed by atoms with E-state index >= 15 is 0 Å². The molecule has 9 heteroatoms. The van der Waals surface area contributed by atoms with Gasteiger partial charge in [-0.25, -0.2) is 8.42 Å². The molecular weight excluding hydrogens is 364 g/mol. The Bertz CT molecular complexity index is 857. The quantitative estimate of drug-likeness (QED) is 0.762. The summed E-state index contributed by atoms with van der Waals surface area (Å²) >= 11 is 1.20. The third-order valence-corrected chi connectivity index (χ3v) is 5.97. The lowest BCUT2D eigenvalue weighted by atomic mass is 10.3. The zero-order chi connectivity index (χ0) is 18.4. The van der Waals surface area contributed by atoms with Crippen LogP contribution in [0.4, 0.5) is 5.00 Å². The second-order valence-electron chi connectivity index (χ2n) is 5.04. The molecule has 0 aliphatic carbocycles. The van der Waals surface area contributed by atoms with Crippen LogP contribution in [-0.2, 0) is 14.6 Å². The first kappa shape index (κ1) is 18.9. The highest BCUT2D eigenvalue weighted by Gasteiger charge is 2.18. The normalized spacial score (nSPS) is 11.0. The Labute approximate surface area is 149 Å². The van der Waals surface area contributed by atoms with Crippen molar-refractivity contribution in [3.63, 3.8) is 0 Å². The zero-order valence-electron chi connectivity index (χ0n) is 13.7. The molecule has 0 aliphatic heterocycles. The minimum absolute atomic E-state index is 0.128. The van der Waals surface area contributed by atoms with Gasteiger partial charge < -0.3 is 15.4 Å². The number of carbonyl (C=O) groups is 2. The highest BCUT2D eigenvalue weighted by Crippen LogP contribution is 2.23. The molecule has 2 aromatic rings. The Morgan fingerprint density at radius 1 is 1.16 bits per heavy atom. The topological polar surface area (TPSA) is 102 Å². The number of hydrogen-bond acceptors (Lipinski definition) is 6. The number of sulfone groups is 1. The first-order chi connectivity index (χ1) is 11.9. The largest absolute Gasteiger partial charge is 0.497 e. The lowest BCUT2D eigenvalue weighted by Gasteiger charge is -2.07. The van der Waals surface area contributed by atoms with Gasteiger partial charge in [0.25, 0.3) is 5.91 Å². The molecule has 0 saturated heterocycles. The van der Waals surface area contributed by atoms with Crippen LogP contribution in [0.2, 0.25) is 0 Å². The Balaban J connectivity index is 1.99. The number of methoxy groups -OCH3 is 1. The molecule has 0 fully saturated rings. The molecule has 1 aromatic heterocycles. The van der Waals surface area contributed by atoms with E-state index in [9.17, 15) is 18.0 Å².